The third kappa shape index (κ3) is 2.86. The number of nitrogens with zero attached hydrogens (tertiary/aromatic N) is 2. The van der Waals surface area contributed by atoms with E-state index in [-0.39, 0.29) is 10.8 Å². The summed E-state index contributed by atoms with van der Waals surface area (Å²) >= 11 is 0. The lowest BCUT2D eigenvalue weighted by Crippen LogP contribution is -2.05. The lowest BCUT2D eigenvalue weighted by atomic mass is 10.1. The van der Waals surface area contributed by atoms with Gasteiger partial charge in [0, 0.05) is 28.7 Å². The Hall–Kier alpha value is -3.45. The average molecular weight is 388 g/mol. The van der Waals surface area contributed by atoms with Crippen LogP contribution >= 0.6 is 0 Å². The molecule has 3 aromatic heterocycles. The van der Waals surface area contributed by atoms with Gasteiger partial charge in [0.15, 0.2) is 14.9 Å². The van der Waals surface area contributed by atoms with Crippen LogP contribution in [-0.2, 0) is 15.6 Å². The molecule has 5 rings (SSSR count). The first-order chi connectivity index (χ1) is 13.6. The van der Waals surface area contributed by atoms with E-state index in [4.69, 9.17) is 0 Å². The molecule has 0 radical (unpaired) electrons. The van der Waals surface area contributed by atoms with Crippen molar-refractivity contribution >= 4 is 31.6 Å². The first kappa shape index (κ1) is 16.7. The zero-order valence-electron chi connectivity index (χ0n) is 14.8. The molecule has 0 spiro atoms. The van der Waals surface area contributed by atoms with Crippen LogP contribution in [0.2, 0.25) is 0 Å². The van der Waals surface area contributed by atoms with Gasteiger partial charge in [0.1, 0.15) is 0 Å². The van der Waals surface area contributed by atoms with Crippen molar-refractivity contribution in [2.45, 2.75) is 10.8 Å². The third-order valence-electron chi connectivity index (χ3n) is 4.76. The van der Waals surface area contributed by atoms with Crippen molar-refractivity contribution in [3.63, 3.8) is 0 Å². The molecule has 0 unspecified atom stereocenters. The summed E-state index contributed by atoms with van der Waals surface area (Å²) in [4.78, 5) is 8.43. The zero-order valence-corrected chi connectivity index (χ0v) is 15.6. The van der Waals surface area contributed by atoms with Gasteiger partial charge in [-0.2, -0.15) is 0 Å². The number of rotatable bonds is 4. The smallest absolute Gasteiger partial charge is 0.199 e. The minimum atomic E-state index is -3.52. The van der Waals surface area contributed by atoms with E-state index in [1.807, 2.05) is 42.5 Å². The van der Waals surface area contributed by atoms with Crippen molar-refractivity contribution in [2.75, 3.05) is 0 Å². The van der Waals surface area contributed by atoms with Crippen molar-refractivity contribution in [3.8, 4) is 11.3 Å². The minimum Gasteiger partial charge on any atom is -0.300 e. The van der Waals surface area contributed by atoms with Crippen LogP contribution in [0.5, 0.6) is 0 Å². The van der Waals surface area contributed by atoms with Gasteiger partial charge in [-0.1, -0.05) is 30.3 Å². The number of H-pyrrole nitrogens is 2. The van der Waals surface area contributed by atoms with Crippen LogP contribution < -0.4 is 0 Å². The second-order valence-corrected chi connectivity index (χ2v) is 8.59. The number of aromatic amines is 2. The van der Waals surface area contributed by atoms with E-state index in [9.17, 15) is 8.42 Å². The molecule has 7 heteroatoms. The van der Waals surface area contributed by atoms with E-state index in [1.54, 1.807) is 30.6 Å². The normalized spacial score (nSPS) is 12.0. The fourth-order valence-corrected chi connectivity index (χ4v) is 4.71. The van der Waals surface area contributed by atoms with Gasteiger partial charge in [0.05, 0.1) is 22.5 Å². The summed E-state index contributed by atoms with van der Waals surface area (Å²) in [6.45, 7) is 0. The van der Waals surface area contributed by atoms with E-state index in [0.29, 0.717) is 5.52 Å². The van der Waals surface area contributed by atoms with Gasteiger partial charge in [-0.15, -0.1) is 0 Å². The fraction of sp³-hybridized carbons (Fsp3) is 0.0476. The minimum absolute atomic E-state index is 0.0644. The predicted octanol–water partition coefficient (Wildman–Crippen LogP) is 4.08. The maximum atomic E-state index is 12.8. The van der Waals surface area contributed by atoms with Crippen LogP contribution in [-0.4, -0.2) is 28.6 Å². The number of pyridine rings is 1. The molecule has 28 heavy (non-hydrogen) atoms. The highest BCUT2D eigenvalue weighted by atomic mass is 32.2. The summed E-state index contributed by atoms with van der Waals surface area (Å²) in [5.74, 6) is -0.0644. The van der Waals surface area contributed by atoms with Crippen LogP contribution in [0.15, 0.2) is 78.1 Å². The molecule has 2 N–H and O–H groups in total. The molecule has 6 nitrogen and oxygen atoms in total. The Kier molecular flexibility index (Phi) is 3.77. The van der Waals surface area contributed by atoms with Gasteiger partial charge in [0.25, 0.3) is 0 Å². The molecule has 0 saturated heterocycles. The molecule has 3 heterocycles. The van der Waals surface area contributed by atoms with Gasteiger partial charge >= 0.3 is 0 Å². The lowest BCUT2D eigenvalue weighted by Gasteiger charge is -2.00. The van der Waals surface area contributed by atoms with Gasteiger partial charge in [0.2, 0.25) is 0 Å². The summed E-state index contributed by atoms with van der Waals surface area (Å²) in [7, 11) is -3.52. The highest BCUT2D eigenvalue weighted by Gasteiger charge is 2.20. The molecule has 0 fully saturated rings. The Morgan fingerprint density at radius 2 is 1.68 bits per heavy atom. The van der Waals surface area contributed by atoms with E-state index in [1.165, 1.54) is 0 Å². The van der Waals surface area contributed by atoms with Crippen molar-refractivity contribution in [3.05, 3.63) is 78.6 Å². The van der Waals surface area contributed by atoms with Crippen LogP contribution in [0.25, 0.3) is 33.1 Å². The summed E-state index contributed by atoms with van der Waals surface area (Å²) in [5, 5.41) is 8.17. The maximum absolute atomic E-state index is 12.8. The molecular formula is C21H16N4O2S. The van der Waals surface area contributed by atoms with Crippen LogP contribution in [0.4, 0.5) is 0 Å². The summed E-state index contributed by atoms with van der Waals surface area (Å²) in [5.41, 5.74) is 4.18. The largest absolute Gasteiger partial charge is 0.300 e. The molecular weight excluding hydrogens is 372 g/mol. The molecule has 5 aromatic rings. The third-order valence-corrected chi connectivity index (χ3v) is 6.31. The van der Waals surface area contributed by atoms with E-state index < -0.39 is 9.84 Å². The van der Waals surface area contributed by atoms with Gasteiger partial charge in [-0.05, 0) is 35.9 Å². The Bertz CT molecular complexity index is 1390. The lowest BCUT2D eigenvalue weighted by molar-refractivity contribution is 0.592. The number of hydrogen-bond donors (Lipinski definition) is 2. The standard InChI is InChI=1S/C21H16N4O2S/c26-28(27,13-14-4-2-1-3-5-14)20-11-16-10-17-19(12-18(16)23-20)24-25-21(17)15-6-8-22-9-7-15/h1-12,24-25H,13H2. The molecule has 0 amide bonds. The molecule has 0 aliphatic heterocycles. The number of aromatic nitrogens is 4. The Balaban J connectivity index is 1.60. The highest BCUT2D eigenvalue weighted by molar-refractivity contribution is 7.90. The number of nitrogens with one attached hydrogen (secondary N) is 2. The zero-order chi connectivity index (χ0) is 19.1. The number of hydrogen-bond acceptors (Lipinski definition) is 4. The van der Waals surface area contributed by atoms with Crippen LogP contribution in [0, 0.1) is 0 Å². The van der Waals surface area contributed by atoms with Crippen LogP contribution in [0.1, 0.15) is 5.56 Å². The number of sulfone groups is 1. The van der Waals surface area contributed by atoms with Crippen molar-refractivity contribution in [2.24, 2.45) is 0 Å². The first-order valence-electron chi connectivity index (χ1n) is 8.78. The van der Waals surface area contributed by atoms with Gasteiger partial charge in [-0.3, -0.25) is 10.1 Å². The molecule has 0 atom stereocenters. The maximum Gasteiger partial charge on any atom is 0.199 e. The molecule has 0 aliphatic rings. The van der Waals surface area contributed by atoms with Crippen molar-refractivity contribution in [1.29, 1.82) is 0 Å². The fourth-order valence-electron chi connectivity index (χ4n) is 3.38. The summed E-state index contributed by atoms with van der Waals surface area (Å²) < 4.78 is 25.6. The topological polar surface area (TPSA) is 91.5 Å². The second kappa shape index (κ2) is 6.31. The quantitative estimate of drug-likeness (QED) is 0.485. The summed E-state index contributed by atoms with van der Waals surface area (Å²) in [6.07, 6.45) is 3.47. The highest BCUT2D eigenvalue weighted by Crippen LogP contribution is 2.31. The van der Waals surface area contributed by atoms with Crippen LogP contribution in [0.3, 0.4) is 0 Å². The Morgan fingerprint density at radius 1 is 0.893 bits per heavy atom. The molecule has 0 aliphatic carbocycles. The van der Waals surface area contributed by atoms with Crippen molar-refractivity contribution < 1.29 is 8.42 Å². The van der Waals surface area contributed by atoms with E-state index in [0.717, 1.165) is 33.1 Å². The number of benzene rings is 2. The molecule has 2 aromatic carbocycles. The van der Waals surface area contributed by atoms with Crippen molar-refractivity contribution in [1.82, 2.24) is 20.2 Å². The number of fused-ring (bicyclic) bond motifs is 2. The summed E-state index contributed by atoms with van der Waals surface area (Å²) in [6, 6.07) is 18.5. The van der Waals surface area contributed by atoms with E-state index in [2.05, 4.69) is 20.2 Å². The second-order valence-electron chi connectivity index (χ2n) is 6.66. The average Bonchev–Trinajstić information content (AvgIpc) is 3.31. The first-order valence-corrected chi connectivity index (χ1v) is 10.4. The molecule has 0 saturated carbocycles. The van der Waals surface area contributed by atoms with E-state index >= 15 is 0 Å². The molecule has 0 bridgehead atoms. The Labute approximate surface area is 161 Å². The molecule has 138 valence electrons. The van der Waals surface area contributed by atoms with Gasteiger partial charge < -0.3 is 5.10 Å². The van der Waals surface area contributed by atoms with Gasteiger partial charge in [-0.25, -0.2) is 13.4 Å². The predicted molar refractivity (Wildman–Crippen MR) is 109 cm³/mol. The SMILES string of the molecule is O=S(=O)(Cc1ccccc1)c1cc2cc3c(-c4ccncc4)[nH][nH]c3cc2n1. The monoisotopic (exact) mass is 388 g/mol. The Morgan fingerprint density at radius 3 is 2.46 bits per heavy atom.